The number of hydrogen-bond donors (Lipinski definition) is 2. The molecule has 0 radical (unpaired) electrons. The lowest BCUT2D eigenvalue weighted by Crippen LogP contribution is -2.45. The fraction of sp³-hybridized carbons (Fsp3) is 0.500. The van der Waals surface area contributed by atoms with Crippen LogP contribution < -0.4 is 5.32 Å². The van der Waals surface area contributed by atoms with Crippen molar-refractivity contribution in [1.82, 2.24) is 19.9 Å². The minimum absolute atomic E-state index is 0.0104. The second-order valence-electron chi connectivity index (χ2n) is 14.4. The molecule has 1 amide bonds. The fourth-order valence-corrected chi connectivity index (χ4v) is 7.28. The van der Waals surface area contributed by atoms with Crippen molar-refractivity contribution in [3.63, 3.8) is 0 Å². The number of para-hydroxylation sites is 1. The van der Waals surface area contributed by atoms with E-state index in [1.165, 1.54) is 11.3 Å². The van der Waals surface area contributed by atoms with Crippen LogP contribution in [0.4, 0.5) is 0 Å². The zero-order valence-electron chi connectivity index (χ0n) is 27.6. The van der Waals surface area contributed by atoms with Crippen LogP contribution in [0.1, 0.15) is 81.8 Å². The molecule has 3 heterocycles. The third kappa shape index (κ3) is 7.19. The maximum Gasteiger partial charge on any atom is 0.224 e. The molecule has 5 rings (SSSR count). The molecule has 0 fully saturated rings. The Balaban J connectivity index is 1.46. The summed E-state index contributed by atoms with van der Waals surface area (Å²) in [4.78, 5) is 22.1. The van der Waals surface area contributed by atoms with Crippen LogP contribution in [0.15, 0.2) is 60.9 Å². The molecule has 44 heavy (non-hydrogen) atoms. The largest absolute Gasteiger partial charge is 0.406 e. The molecule has 1 aliphatic heterocycles. The van der Waals surface area contributed by atoms with Crippen LogP contribution in [0.2, 0.25) is 18.1 Å². The average Bonchev–Trinajstić information content (AvgIpc) is 3.55. The minimum atomic E-state index is -2.19. The number of hydrogen-bond acceptors (Lipinski definition) is 4. The summed E-state index contributed by atoms with van der Waals surface area (Å²) < 4.78 is 15.4. The fourth-order valence-electron chi connectivity index (χ4n) is 6.02. The van der Waals surface area contributed by atoms with E-state index in [1.54, 1.807) is 0 Å². The van der Waals surface area contributed by atoms with E-state index < -0.39 is 8.32 Å². The van der Waals surface area contributed by atoms with Gasteiger partial charge in [-0.2, -0.15) is 0 Å². The first-order valence-corrected chi connectivity index (χ1v) is 19.0. The number of ether oxygens (including phenoxy) is 1. The number of benzene rings is 2. The van der Waals surface area contributed by atoms with Crippen molar-refractivity contribution >= 4 is 25.1 Å². The van der Waals surface area contributed by atoms with E-state index in [4.69, 9.17) is 14.1 Å². The van der Waals surface area contributed by atoms with E-state index in [2.05, 4.69) is 86.8 Å². The van der Waals surface area contributed by atoms with E-state index in [9.17, 15) is 4.79 Å². The zero-order chi connectivity index (χ0) is 31.5. The number of rotatable bonds is 8. The van der Waals surface area contributed by atoms with Gasteiger partial charge in [-0.3, -0.25) is 4.79 Å². The van der Waals surface area contributed by atoms with E-state index in [-0.39, 0.29) is 22.5 Å². The van der Waals surface area contributed by atoms with Gasteiger partial charge in [0.1, 0.15) is 6.10 Å². The van der Waals surface area contributed by atoms with E-state index >= 15 is 0 Å². The van der Waals surface area contributed by atoms with Crippen LogP contribution in [-0.4, -0.2) is 41.9 Å². The Morgan fingerprint density at radius 2 is 1.80 bits per heavy atom. The van der Waals surface area contributed by atoms with Crippen molar-refractivity contribution in [2.75, 3.05) is 13.2 Å². The molecular weight excluding hydrogens is 565 g/mol. The van der Waals surface area contributed by atoms with Crippen LogP contribution in [0.3, 0.4) is 0 Å². The molecule has 0 bridgehead atoms. The number of carbonyl (C=O) groups excluding carboxylic acids is 1. The van der Waals surface area contributed by atoms with Gasteiger partial charge in [-0.05, 0) is 54.6 Å². The van der Waals surface area contributed by atoms with Crippen LogP contribution >= 0.6 is 0 Å². The topological polar surface area (TPSA) is 81.2 Å². The highest BCUT2D eigenvalue weighted by molar-refractivity contribution is 6.74. The van der Waals surface area contributed by atoms with Crippen LogP contribution in [-0.2, 0) is 45.4 Å². The Morgan fingerprint density at radius 1 is 1.07 bits per heavy atom. The summed E-state index contributed by atoms with van der Waals surface area (Å²) in [6, 6.07) is 18.6. The summed E-state index contributed by atoms with van der Waals surface area (Å²) in [6.07, 6.45) is 4.61. The van der Waals surface area contributed by atoms with Crippen molar-refractivity contribution in [2.24, 2.45) is 0 Å². The van der Waals surface area contributed by atoms with Crippen molar-refractivity contribution in [3.8, 4) is 0 Å². The number of nitrogens with zero attached hydrogens (tertiary/aromatic N) is 2. The molecule has 7 nitrogen and oxygen atoms in total. The first-order valence-electron chi connectivity index (χ1n) is 16.1. The average molecular weight is 615 g/mol. The predicted molar refractivity (Wildman–Crippen MR) is 180 cm³/mol. The lowest BCUT2D eigenvalue weighted by molar-refractivity contribution is -0.120. The Hall–Kier alpha value is -3.20. The molecule has 1 aliphatic rings. The Bertz CT molecular complexity index is 1570. The summed E-state index contributed by atoms with van der Waals surface area (Å²) in [5.41, 5.74) is 6.46. The van der Waals surface area contributed by atoms with Crippen molar-refractivity contribution < 1.29 is 14.0 Å². The van der Waals surface area contributed by atoms with Crippen LogP contribution in [0, 0.1) is 0 Å². The van der Waals surface area contributed by atoms with Crippen molar-refractivity contribution in [1.29, 1.82) is 0 Å². The molecule has 0 saturated carbocycles. The Labute approximate surface area is 263 Å². The van der Waals surface area contributed by atoms with E-state index in [0.29, 0.717) is 26.2 Å². The van der Waals surface area contributed by atoms with Gasteiger partial charge in [0.2, 0.25) is 5.91 Å². The molecule has 0 saturated heterocycles. The van der Waals surface area contributed by atoms with Crippen molar-refractivity contribution in [2.45, 2.75) is 103 Å². The van der Waals surface area contributed by atoms with Gasteiger partial charge in [0.15, 0.2) is 8.32 Å². The highest BCUT2D eigenvalue weighted by Crippen LogP contribution is 2.42. The summed E-state index contributed by atoms with van der Waals surface area (Å²) in [7, 11) is -2.19. The molecule has 2 aromatic carbocycles. The number of nitrogens with one attached hydrogen (secondary N) is 2. The third-order valence-corrected chi connectivity index (χ3v) is 14.1. The van der Waals surface area contributed by atoms with Gasteiger partial charge < -0.3 is 24.0 Å². The molecular formula is C36H50N4O3Si. The van der Waals surface area contributed by atoms with Gasteiger partial charge >= 0.3 is 0 Å². The second kappa shape index (κ2) is 13.0. The normalized spacial score (nSPS) is 17.8. The van der Waals surface area contributed by atoms with E-state index in [0.717, 1.165) is 53.7 Å². The maximum absolute atomic E-state index is 13.5. The number of carbonyl (C=O) groups is 1. The third-order valence-electron chi connectivity index (χ3n) is 9.58. The summed E-state index contributed by atoms with van der Waals surface area (Å²) >= 11 is 0. The summed E-state index contributed by atoms with van der Waals surface area (Å²) in [6.45, 7) is 18.4. The SMILES string of the molecule is CC1(C)CCc2[nH]c3ccccc3c2CC(=O)NCC(O[Si](C)(C)C(C)(C)C)c2ncn(CCCOCc3ccccc3)c21. The highest BCUT2D eigenvalue weighted by atomic mass is 28.4. The molecule has 2 N–H and O–H groups in total. The molecule has 0 aliphatic carbocycles. The molecule has 4 aromatic rings. The van der Waals surface area contributed by atoms with Crippen LogP contribution in [0.25, 0.3) is 10.9 Å². The Morgan fingerprint density at radius 3 is 2.55 bits per heavy atom. The molecule has 8 heteroatoms. The van der Waals surface area contributed by atoms with Gasteiger partial charge in [-0.15, -0.1) is 0 Å². The number of aromatic amines is 1. The quantitative estimate of drug-likeness (QED) is 0.158. The lowest BCUT2D eigenvalue weighted by atomic mass is 9.81. The molecule has 1 atom stereocenters. The number of fused-ring (bicyclic) bond motifs is 4. The smallest absolute Gasteiger partial charge is 0.224 e. The number of aryl methyl sites for hydroxylation is 2. The van der Waals surface area contributed by atoms with Gasteiger partial charge in [0.05, 0.1) is 25.0 Å². The van der Waals surface area contributed by atoms with Gasteiger partial charge in [0, 0.05) is 47.4 Å². The van der Waals surface area contributed by atoms with Gasteiger partial charge in [0.25, 0.3) is 0 Å². The molecule has 0 spiro atoms. The number of H-pyrrole nitrogens is 1. The molecule has 2 aromatic heterocycles. The monoisotopic (exact) mass is 614 g/mol. The van der Waals surface area contributed by atoms with E-state index in [1.807, 2.05) is 36.7 Å². The minimum Gasteiger partial charge on any atom is -0.406 e. The number of imidazole rings is 1. The van der Waals surface area contributed by atoms with Crippen LogP contribution in [0.5, 0.6) is 0 Å². The molecule has 236 valence electrons. The second-order valence-corrected chi connectivity index (χ2v) is 19.2. The molecule has 1 unspecified atom stereocenters. The number of amides is 1. The van der Waals surface area contributed by atoms with Crippen molar-refractivity contribution in [3.05, 3.63) is 89.1 Å². The standard InChI is InChI=1S/C36H50N4O3Si/c1-35(2,3)44(6,7)43-31-23-37-32(41)22-28-27-16-11-12-17-29(27)39-30(28)18-19-36(4,5)34-33(31)38-25-40(34)20-13-21-42-24-26-14-9-8-10-15-26/h8-12,14-17,25,31,39H,13,18-24H2,1-7H3,(H,37,41). The Kier molecular flexibility index (Phi) is 9.54. The zero-order valence-corrected chi connectivity index (χ0v) is 28.6. The first-order chi connectivity index (χ1) is 20.9. The number of aromatic nitrogens is 3. The van der Waals surface area contributed by atoms with Gasteiger partial charge in [-0.1, -0.05) is 83.1 Å². The highest BCUT2D eigenvalue weighted by Gasteiger charge is 2.42. The first kappa shape index (κ1) is 32.2. The summed E-state index contributed by atoms with van der Waals surface area (Å²) in [5.74, 6) is 0.0104. The maximum atomic E-state index is 13.5. The summed E-state index contributed by atoms with van der Waals surface area (Å²) in [5, 5.41) is 4.40. The van der Waals surface area contributed by atoms with Gasteiger partial charge in [-0.25, -0.2) is 4.98 Å². The predicted octanol–water partition coefficient (Wildman–Crippen LogP) is 7.62. The lowest BCUT2D eigenvalue weighted by Gasteiger charge is -2.40.